The molecular formula is O8Si2VY. The van der Waals surface area contributed by atoms with Crippen LogP contribution in [-0.4, -0.2) is 18.1 Å². The van der Waals surface area contributed by atoms with Gasteiger partial charge in [-0.25, -0.2) is 0 Å². The summed E-state index contributed by atoms with van der Waals surface area (Å²) in [6.07, 6.45) is 0. The van der Waals surface area contributed by atoms with Crippen LogP contribution in [0.4, 0.5) is 0 Å². The Labute approximate surface area is 107 Å². The molecule has 0 aromatic rings. The van der Waals surface area contributed by atoms with E-state index >= 15 is 0 Å². The molecule has 0 aliphatic rings. The molecule has 0 atom stereocenters. The quantitative estimate of drug-likeness (QED) is 0.393. The minimum atomic E-state index is -5.61. The Morgan fingerprint density at radius 1 is 0.500 bits per heavy atom. The second kappa shape index (κ2) is 9.36. The Balaban J connectivity index is -0.0000000457. The van der Waals surface area contributed by atoms with E-state index in [-0.39, 0.29) is 51.3 Å². The smallest absolute Gasteiger partial charge is 0.894 e. The van der Waals surface area contributed by atoms with Crippen LogP contribution < -0.4 is 38.4 Å². The molecule has 0 aromatic carbocycles. The van der Waals surface area contributed by atoms with Crippen LogP contribution in [0.15, 0.2) is 0 Å². The van der Waals surface area contributed by atoms with E-state index in [9.17, 15) is 0 Å². The molecule has 64 valence electrons. The predicted octanol–water partition coefficient (Wildman–Crippen LogP) is -10.3. The van der Waals surface area contributed by atoms with Gasteiger partial charge in [-0.15, -0.1) is 0 Å². The summed E-state index contributed by atoms with van der Waals surface area (Å²) < 4.78 is 0. The van der Waals surface area contributed by atoms with E-state index in [4.69, 9.17) is 38.4 Å². The zero-order chi connectivity index (χ0) is 9.00. The van der Waals surface area contributed by atoms with Gasteiger partial charge in [0.15, 0.2) is 0 Å². The van der Waals surface area contributed by atoms with Crippen LogP contribution >= 0.6 is 0 Å². The van der Waals surface area contributed by atoms with Gasteiger partial charge in [-0.05, 0) is 0 Å². The van der Waals surface area contributed by atoms with Crippen LogP contribution in [0.3, 0.4) is 0 Å². The van der Waals surface area contributed by atoms with E-state index in [0.29, 0.717) is 0 Å². The van der Waals surface area contributed by atoms with E-state index in [1.54, 1.807) is 0 Å². The molecule has 0 aliphatic heterocycles. The maximum atomic E-state index is 8.58. The average Bonchev–Trinajstić information content (AvgIpc) is 1.12. The molecule has 0 unspecified atom stereocenters. The molecule has 0 saturated carbocycles. The van der Waals surface area contributed by atoms with E-state index in [1.165, 1.54) is 0 Å². The zero-order valence-electron chi connectivity index (χ0n) is 5.29. The summed E-state index contributed by atoms with van der Waals surface area (Å²) in [5, 5.41) is 0. The Kier molecular flexibility index (Phi) is 18.4. The second-order valence-electron chi connectivity index (χ2n) is 1.00. The maximum absolute atomic E-state index is 8.58. The van der Waals surface area contributed by atoms with Crippen LogP contribution in [0.2, 0.25) is 0 Å². The molecule has 0 aromatic heterocycles. The fraction of sp³-hybridized carbons (Fsp3) is 0. The normalized spacial score (nSPS) is 10.0. The summed E-state index contributed by atoms with van der Waals surface area (Å²) in [5.41, 5.74) is 0. The van der Waals surface area contributed by atoms with Crippen molar-refractivity contribution in [2.75, 3.05) is 0 Å². The first-order valence-corrected chi connectivity index (χ1v) is 4.90. The first-order valence-electron chi connectivity index (χ1n) is 1.63. The molecule has 0 saturated heterocycles. The van der Waals surface area contributed by atoms with Crippen molar-refractivity contribution < 1.29 is 89.6 Å². The predicted molar refractivity (Wildman–Crippen MR) is 11.5 cm³/mol. The summed E-state index contributed by atoms with van der Waals surface area (Å²) in [6, 6.07) is 0. The van der Waals surface area contributed by atoms with Crippen molar-refractivity contribution in [3.63, 3.8) is 0 Å². The van der Waals surface area contributed by atoms with Gasteiger partial charge in [0, 0.05) is 0 Å². The van der Waals surface area contributed by atoms with E-state index in [0.717, 1.165) is 0 Å². The summed E-state index contributed by atoms with van der Waals surface area (Å²) in [6.45, 7) is 0. The number of hydrogen-bond donors (Lipinski definition) is 0. The zero-order valence-corrected chi connectivity index (χ0v) is 11.5. The molecule has 0 bridgehead atoms. The van der Waals surface area contributed by atoms with Gasteiger partial charge in [0.05, 0.1) is 0 Å². The molecule has 0 spiro atoms. The van der Waals surface area contributed by atoms with Gasteiger partial charge in [0.2, 0.25) is 0 Å². The first-order chi connectivity index (χ1) is 4.00. The SMILES string of the molecule is [O-][Si]([O-])([O-])[O-].[O-][Si]([O-])([O-])[O-].[V+5].[Y+3]. The minimum Gasteiger partial charge on any atom is -0.894 e. The fourth-order valence-corrected chi connectivity index (χ4v) is 0. The van der Waals surface area contributed by atoms with Gasteiger partial charge in [-0.1, -0.05) is 0 Å². The molecule has 0 aliphatic carbocycles. The van der Waals surface area contributed by atoms with E-state index in [1.807, 2.05) is 0 Å². The largest absolute Gasteiger partial charge is 5.00 e. The van der Waals surface area contributed by atoms with Gasteiger partial charge in [0.1, 0.15) is 0 Å². The number of rotatable bonds is 0. The monoisotopic (exact) mass is 324 g/mol. The van der Waals surface area contributed by atoms with Crippen LogP contribution in [-0.2, 0) is 51.3 Å². The van der Waals surface area contributed by atoms with Crippen LogP contribution in [0.5, 0.6) is 0 Å². The molecule has 12 heteroatoms. The van der Waals surface area contributed by atoms with Crippen LogP contribution in [0, 0.1) is 0 Å². The Morgan fingerprint density at radius 3 is 0.500 bits per heavy atom. The van der Waals surface area contributed by atoms with Gasteiger partial charge in [-0.3, -0.25) is 0 Å². The fourth-order valence-electron chi connectivity index (χ4n) is 0. The topological polar surface area (TPSA) is 184 Å². The first kappa shape index (κ1) is 23.5. The summed E-state index contributed by atoms with van der Waals surface area (Å²) in [4.78, 5) is 68.6. The minimum absolute atomic E-state index is 0. The summed E-state index contributed by atoms with van der Waals surface area (Å²) in [7, 11) is -11.2. The molecule has 0 amide bonds. The molecule has 0 rings (SSSR count). The Bertz CT molecular complexity index is 60.0. The van der Waals surface area contributed by atoms with Gasteiger partial charge in [-0.2, -0.15) is 0 Å². The summed E-state index contributed by atoms with van der Waals surface area (Å²) in [5.74, 6) is 0. The maximum Gasteiger partial charge on any atom is 5.00 e. The molecule has 0 fully saturated rings. The molecule has 0 heterocycles. The van der Waals surface area contributed by atoms with Crippen LogP contribution in [0.1, 0.15) is 0 Å². The molecule has 12 heavy (non-hydrogen) atoms. The number of hydrogen-bond acceptors (Lipinski definition) is 8. The van der Waals surface area contributed by atoms with Crippen molar-refractivity contribution in [3.8, 4) is 0 Å². The third-order valence-corrected chi connectivity index (χ3v) is 0. The third-order valence-electron chi connectivity index (χ3n) is 0. The van der Waals surface area contributed by atoms with E-state index in [2.05, 4.69) is 0 Å². The Hall–Kier alpha value is 1.80. The van der Waals surface area contributed by atoms with E-state index < -0.39 is 18.1 Å². The molecule has 0 radical (unpaired) electrons. The van der Waals surface area contributed by atoms with Gasteiger partial charge in [0.25, 0.3) is 0 Å². The summed E-state index contributed by atoms with van der Waals surface area (Å²) >= 11 is 0. The van der Waals surface area contributed by atoms with Crippen molar-refractivity contribution in [1.82, 2.24) is 0 Å². The van der Waals surface area contributed by atoms with Gasteiger partial charge < -0.3 is 56.5 Å². The third kappa shape index (κ3) is 424. The second-order valence-corrected chi connectivity index (χ2v) is 3.00. The van der Waals surface area contributed by atoms with Crippen molar-refractivity contribution in [1.29, 1.82) is 0 Å². The van der Waals surface area contributed by atoms with Crippen molar-refractivity contribution in [2.45, 2.75) is 0 Å². The van der Waals surface area contributed by atoms with Crippen molar-refractivity contribution >= 4 is 18.1 Å². The standard InChI is InChI=1S/2O4Si.V.Y/c2*1-5(2,3)4;;/q2*-4;+5;+3. The molecule has 0 N–H and O–H groups in total. The Morgan fingerprint density at radius 2 is 0.500 bits per heavy atom. The molecular weight excluding hydrogens is 324 g/mol. The average molecular weight is 324 g/mol. The van der Waals surface area contributed by atoms with Crippen molar-refractivity contribution in [2.24, 2.45) is 0 Å². The van der Waals surface area contributed by atoms with Gasteiger partial charge >= 0.3 is 51.3 Å². The molecule has 8 nitrogen and oxygen atoms in total. The van der Waals surface area contributed by atoms with Crippen molar-refractivity contribution in [3.05, 3.63) is 0 Å². The van der Waals surface area contributed by atoms with Crippen LogP contribution in [0.25, 0.3) is 0 Å².